The van der Waals surface area contributed by atoms with Crippen molar-refractivity contribution in [2.75, 3.05) is 6.61 Å². The topological polar surface area (TPSA) is 9.23 Å². The van der Waals surface area contributed by atoms with Crippen LogP contribution in [0.25, 0.3) is 10.8 Å². The third kappa shape index (κ3) is 4.05. The number of ether oxygens (including phenoxy) is 1. The molecule has 0 radical (unpaired) electrons. The van der Waals surface area contributed by atoms with E-state index in [1.54, 1.807) is 24.3 Å². The average molecular weight is 374 g/mol. The lowest BCUT2D eigenvalue weighted by atomic mass is 9.78. The van der Waals surface area contributed by atoms with Gasteiger partial charge in [0.05, 0.1) is 5.39 Å². The van der Waals surface area contributed by atoms with Crippen LogP contribution in [0.5, 0.6) is 5.75 Å². The molecule has 0 unspecified atom stereocenters. The highest BCUT2D eigenvalue weighted by atomic mass is 19.2. The van der Waals surface area contributed by atoms with Gasteiger partial charge in [-0.05, 0) is 74.4 Å². The molecule has 0 heterocycles. The van der Waals surface area contributed by atoms with E-state index >= 15 is 0 Å². The van der Waals surface area contributed by atoms with Crippen LogP contribution in [0.2, 0.25) is 0 Å². The van der Waals surface area contributed by atoms with Crippen LogP contribution < -0.4 is 4.74 Å². The van der Waals surface area contributed by atoms with E-state index in [2.05, 4.69) is 6.08 Å². The lowest BCUT2D eigenvalue weighted by molar-refractivity contribution is 0.342. The van der Waals surface area contributed by atoms with Crippen LogP contribution in [0, 0.1) is 23.4 Å². The zero-order valence-corrected chi connectivity index (χ0v) is 15.8. The highest BCUT2D eigenvalue weighted by Gasteiger charge is 2.27. The van der Waals surface area contributed by atoms with Gasteiger partial charge in [0.25, 0.3) is 0 Å². The summed E-state index contributed by atoms with van der Waals surface area (Å²) in [7, 11) is 0. The molecule has 27 heavy (non-hydrogen) atoms. The van der Waals surface area contributed by atoms with Gasteiger partial charge in [-0.25, -0.2) is 13.2 Å². The Morgan fingerprint density at radius 2 is 1.70 bits per heavy atom. The molecule has 0 spiro atoms. The monoisotopic (exact) mass is 374 g/mol. The summed E-state index contributed by atoms with van der Waals surface area (Å²) >= 11 is 0. The minimum absolute atomic E-state index is 0.0286. The van der Waals surface area contributed by atoms with Gasteiger partial charge < -0.3 is 4.74 Å². The van der Waals surface area contributed by atoms with Crippen molar-refractivity contribution in [3.05, 3.63) is 65.5 Å². The molecule has 0 saturated heterocycles. The molecule has 1 saturated carbocycles. The second-order valence-corrected chi connectivity index (χ2v) is 7.09. The highest BCUT2D eigenvalue weighted by molar-refractivity contribution is 5.86. The second kappa shape index (κ2) is 8.64. The van der Waals surface area contributed by atoms with E-state index in [1.165, 1.54) is 6.07 Å². The van der Waals surface area contributed by atoms with Gasteiger partial charge in [0.15, 0.2) is 23.2 Å². The highest BCUT2D eigenvalue weighted by Crippen LogP contribution is 2.40. The number of halogens is 3. The van der Waals surface area contributed by atoms with Gasteiger partial charge in [0, 0.05) is 0 Å². The third-order valence-electron chi connectivity index (χ3n) is 5.36. The molecule has 1 fully saturated rings. The summed E-state index contributed by atoms with van der Waals surface area (Å²) in [5.74, 6) is -2.49. The largest absolute Gasteiger partial charge is 0.486 e. The van der Waals surface area contributed by atoms with Crippen molar-refractivity contribution < 1.29 is 17.9 Å². The fourth-order valence-electron chi connectivity index (χ4n) is 3.92. The molecular formula is C23H25F3O. The van der Waals surface area contributed by atoms with Crippen molar-refractivity contribution in [3.8, 4) is 5.75 Å². The Kier molecular flexibility index (Phi) is 6.25. The first-order valence-corrected chi connectivity index (χ1v) is 9.53. The Labute approximate surface area is 158 Å². The molecule has 1 nitrogen and oxygen atoms in total. The first kappa shape index (κ1) is 19.5. The second-order valence-electron chi connectivity index (χ2n) is 7.09. The van der Waals surface area contributed by atoms with Crippen molar-refractivity contribution in [1.29, 1.82) is 0 Å². The van der Waals surface area contributed by atoms with E-state index in [4.69, 9.17) is 4.74 Å². The molecule has 2 aromatic carbocycles. The summed E-state index contributed by atoms with van der Waals surface area (Å²) in [5, 5.41) is 0.0344. The van der Waals surface area contributed by atoms with Gasteiger partial charge in [-0.1, -0.05) is 30.4 Å². The Bertz CT molecular complexity index is 862. The van der Waals surface area contributed by atoms with Crippen molar-refractivity contribution >= 4 is 10.8 Å². The number of fused-ring (bicyclic) bond motifs is 1. The number of benzene rings is 2. The molecule has 0 N–H and O–H groups in total. The van der Waals surface area contributed by atoms with Gasteiger partial charge in [-0.3, -0.25) is 0 Å². The zero-order valence-electron chi connectivity index (χ0n) is 15.8. The molecule has 0 amide bonds. The summed E-state index contributed by atoms with van der Waals surface area (Å²) in [5.41, 5.74) is 0.362. The van der Waals surface area contributed by atoms with Crippen molar-refractivity contribution in [2.24, 2.45) is 5.92 Å². The molecule has 1 aliphatic rings. The summed E-state index contributed by atoms with van der Waals surface area (Å²) < 4.78 is 49.5. The standard InChI is InChI=1S/C23H25F3O/c1-3-5-13-27-19-12-11-17-14-18(21(24)23(26)20(17)22(19)25)16-9-7-15(6-4-2)8-10-16/h3-6,11-12,14-16H,7-10,13H2,1-2H3/b5-3+,6-4+. The SMILES string of the molecule is C/C=C/COc1ccc2cc(C3CCC(/C=C/C)CC3)c(F)c(F)c2c1F. The minimum atomic E-state index is -1.12. The average Bonchev–Trinajstić information content (AvgIpc) is 2.67. The van der Waals surface area contributed by atoms with Crippen LogP contribution in [-0.4, -0.2) is 6.61 Å². The van der Waals surface area contributed by atoms with Gasteiger partial charge in [-0.15, -0.1) is 0 Å². The Balaban J connectivity index is 1.93. The van der Waals surface area contributed by atoms with Gasteiger partial charge in [0.2, 0.25) is 0 Å². The first-order valence-electron chi connectivity index (χ1n) is 9.53. The summed E-state index contributed by atoms with van der Waals surface area (Å²) in [6.45, 7) is 3.99. The Morgan fingerprint density at radius 1 is 0.963 bits per heavy atom. The lowest BCUT2D eigenvalue weighted by Gasteiger charge is -2.27. The minimum Gasteiger partial charge on any atom is -0.486 e. The quantitative estimate of drug-likeness (QED) is 0.509. The van der Waals surface area contributed by atoms with E-state index in [0.29, 0.717) is 16.9 Å². The van der Waals surface area contributed by atoms with Crippen LogP contribution in [0.15, 0.2) is 42.5 Å². The van der Waals surface area contributed by atoms with Crippen LogP contribution in [-0.2, 0) is 0 Å². The first-order chi connectivity index (χ1) is 13.1. The summed E-state index contributed by atoms with van der Waals surface area (Å²) in [4.78, 5) is 0. The molecule has 2 aromatic rings. The molecule has 0 aromatic heterocycles. The number of hydrogen-bond acceptors (Lipinski definition) is 1. The summed E-state index contributed by atoms with van der Waals surface area (Å²) in [6, 6.07) is 4.68. The zero-order chi connectivity index (χ0) is 19.4. The molecule has 1 aliphatic carbocycles. The van der Waals surface area contributed by atoms with Crippen molar-refractivity contribution in [3.63, 3.8) is 0 Å². The van der Waals surface area contributed by atoms with Gasteiger partial charge in [0.1, 0.15) is 6.61 Å². The maximum absolute atomic E-state index is 14.8. The van der Waals surface area contributed by atoms with Gasteiger partial charge in [-0.2, -0.15) is 0 Å². The van der Waals surface area contributed by atoms with E-state index in [1.807, 2.05) is 19.9 Å². The smallest absolute Gasteiger partial charge is 0.175 e. The molecule has 0 bridgehead atoms. The van der Waals surface area contributed by atoms with Crippen LogP contribution in [0.4, 0.5) is 13.2 Å². The van der Waals surface area contributed by atoms with E-state index in [9.17, 15) is 13.2 Å². The summed E-state index contributed by atoms with van der Waals surface area (Å²) in [6.07, 6.45) is 11.2. The van der Waals surface area contributed by atoms with Crippen LogP contribution in [0.3, 0.4) is 0 Å². The molecular weight excluding hydrogens is 349 g/mol. The predicted molar refractivity (Wildman–Crippen MR) is 104 cm³/mol. The number of allylic oxidation sites excluding steroid dienone is 3. The maximum Gasteiger partial charge on any atom is 0.175 e. The number of hydrogen-bond donors (Lipinski definition) is 0. The van der Waals surface area contributed by atoms with Crippen LogP contribution >= 0.6 is 0 Å². The lowest BCUT2D eigenvalue weighted by Crippen LogP contribution is -2.14. The van der Waals surface area contributed by atoms with E-state index in [-0.39, 0.29) is 23.7 Å². The third-order valence-corrected chi connectivity index (χ3v) is 5.36. The molecule has 0 atom stereocenters. The van der Waals surface area contributed by atoms with Crippen molar-refractivity contribution in [1.82, 2.24) is 0 Å². The number of rotatable bonds is 5. The molecule has 3 rings (SSSR count). The van der Waals surface area contributed by atoms with Crippen LogP contribution in [0.1, 0.15) is 51.0 Å². The molecule has 4 heteroatoms. The van der Waals surface area contributed by atoms with Crippen molar-refractivity contribution in [2.45, 2.75) is 45.4 Å². The van der Waals surface area contributed by atoms with E-state index < -0.39 is 17.5 Å². The molecule has 0 aliphatic heterocycles. The van der Waals surface area contributed by atoms with Gasteiger partial charge >= 0.3 is 0 Å². The Morgan fingerprint density at radius 3 is 2.37 bits per heavy atom. The normalized spacial score (nSPS) is 20.8. The van der Waals surface area contributed by atoms with E-state index in [0.717, 1.165) is 25.7 Å². The maximum atomic E-state index is 14.8. The predicted octanol–water partition coefficient (Wildman–Crippen LogP) is 7.06. The fraction of sp³-hybridized carbons (Fsp3) is 0.391. The Hall–Kier alpha value is -2.23. The fourth-order valence-corrected chi connectivity index (χ4v) is 3.92. The molecule has 144 valence electrons.